The lowest BCUT2D eigenvalue weighted by Gasteiger charge is -2.28. The molecule has 3 aromatic carbocycles. The second-order valence-electron chi connectivity index (χ2n) is 8.02. The Morgan fingerprint density at radius 1 is 0.939 bits per heavy atom. The van der Waals surface area contributed by atoms with Crippen LogP contribution in [0.5, 0.6) is 0 Å². The molecule has 5 aromatic rings. The van der Waals surface area contributed by atoms with Crippen LogP contribution in [-0.4, -0.2) is 31.1 Å². The van der Waals surface area contributed by atoms with Crippen molar-refractivity contribution in [3.05, 3.63) is 114 Å². The highest BCUT2D eigenvalue weighted by Crippen LogP contribution is 2.30. The molecule has 1 atom stereocenters. The molecule has 6 nitrogen and oxygen atoms in total. The lowest BCUT2D eigenvalue weighted by atomic mass is 10.0. The molecule has 5 rings (SSSR count). The summed E-state index contributed by atoms with van der Waals surface area (Å²) in [5, 5.41) is 11.3. The lowest BCUT2D eigenvalue weighted by Crippen LogP contribution is -2.35. The summed E-state index contributed by atoms with van der Waals surface area (Å²) in [5.74, 6) is 0.623. The van der Waals surface area contributed by atoms with Gasteiger partial charge in [0, 0.05) is 30.1 Å². The number of nitrogens with zero attached hydrogens (tertiary/aromatic N) is 2. The molecule has 0 aliphatic carbocycles. The summed E-state index contributed by atoms with van der Waals surface area (Å²) >= 11 is 0. The van der Waals surface area contributed by atoms with Crippen LogP contribution >= 0.6 is 0 Å². The summed E-state index contributed by atoms with van der Waals surface area (Å²) in [6.45, 7) is 0.268. The molecule has 0 saturated carbocycles. The SMILES string of the molecule is O=C(O)N(Cc1ccccc1)[C@H](Cc1c[nH]c2ccccc12)c1ncc(-c2ccccc2)[nH]1. The number of hydrogen-bond acceptors (Lipinski definition) is 2. The normalized spacial score (nSPS) is 12.0. The van der Waals surface area contributed by atoms with Crippen LogP contribution in [0.3, 0.4) is 0 Å². The molecule has 33 heavy (non-hydrogen) atoms. The molecule has 0 saturated heterocycles. The first-order chi connectivity index (χ1) is 16.2. The lowest BCUT2D eigenvalue weighted by molar-refractivity contribution is 0.117. The molecule has 0 spiro atoms. The number of H-pyrrole nitrogens is 2. The second kappa shape index (κ2) is 9.04. The van der Waals surface area contributed by atoms with Gasteiger partial charge in [-0.2, -0.15) is 0 Å². The molecule has 6 heteroatoms. The Labute approximate surface area is 191 Å². The Bertz CT molecular complexity index is 1360. The van der Waals surface area contributed by atoms with E-state index < -0.39 is 12.1 Å². The number of para-hydroxylation sites is 1. The van der Waals surface area contributed by atoms with Crippen LogP contribution in [0.4, 0.5) is 4.79 Å². The molecule has 2 aromatic heterocycles. The fraction of sp³-hybridized carbons (Fsp3) is 0.111. The number of carbonyl (C=O) groups is 1. The number of imidazole rings is 1. The van der Waals surface area contributed by atoms with Crippen molar-refractivity contribution in [2.45, 2.75) is 19.0 Å². The van der Waals surface area contributed by atoms with Crippen molar-refractivity contribution in [2.75, 3.05) is 0 Å². The van der Waals surface area contributed by atoms with Crippen molar-refractivity contribution in [2.24, 2.45) is 0 Å². The largest absolute Gasteiger partial charge is 0.465 e. The molecule has 0 bridgehead atoms. The summed E-state index contributed by atoms with van der Waals surface area (Å²) in [4.78, 5) is 25.2. The quantitative estimate of drug-likeness (QED) is 0.292. The van der Waals surface area contributed by atoms with Crippen molar-refractivity contribution >= 4 is 17.0 Å². The third kappa shape index (κ3) is 4.36. The average Bonchev–Trinajstić information content (AvgIpc) is 3.50. The molecule has 0 unspecified atom stereocenters. The zero-order chi connectivity index (χ0) is 22.6. The number of fused-ring (bicyclic) bond motifs is 1. The van der Waals surface area contributed by atoms with E-state index in [-0.39, 0.29) is 6.54 Å². The molecule has 0 radical (unpaired) electrons. The third-order valence-electron chi connectivity index (χ3n) is 5.90. The predicted octanol–water partition coefficient (Wildman–Crippen LogP) is 6.02. The molecule has 0 aliphatic heterocycles. The molecule has 2 heterocycles. The number of carboxylic acid groups (broad SMARTS) is 1. The van der Waals surface area contributed by atoms with E-state index in [9.17, 15) is 9.90 Å². The number of hydrogen-bond donors (Lipinski definition) is 3. The molecule has 0 aliphatic rings. The summed E-state index contributed by atoms with van der Waals surface area (Å²) < 4.78 is 0. The summed E-state index contributed by atoms with van der Waals surface area (Å²) in [6.07, 6.45) is 3.24. The van der Waals surface area contributed by atoms with Crippen molar-refractivity contribution in [1.29, 1.82) is 0 Å². The van der Waals surface area contributed by atoms with Crippen LogP contribution < -0.4 is 0 Å². The van der Waals surface area contributed by atoms with Gasteiger partial charge in [0.1, 0.15) is 5.82 Å². The first kappa shape index (κ1) is 20.6. The van der Waals surface area contributed by atoms with Crippen molar-refractivity contribution < 1.29 is 9.90 Å². The van der Waals surface area contributed by atoms with Crippen LogP contribution in [0.2, 0.25) is 0 Å². The van der Waals surface area contributed by atoms with Crippen molar-refractivity contribution in [3.8, 4) is 11.3 Å². The van der Waals surface area contributed by atoms with E-state index in [1.807, 2.05) is 85.1 Å². The highest BCUT2D eigenvalue weighted by atomic mass is 16.4. The van der Waals surface area contributed by atoms with E-state index >= 15 is 0 Å². The van der Waals surface area contributed by atoms with Crippen LogP contribution in [-0.2, 0) is 13.0 Å². The van der Waals surface area contributed by atoms with Gasteiger partial charge in [0.2, 0.25) is 0 Å². The molecule has 1 amide bonds. The maximum Gasteiger partial charge on any atom is 0.408 e. The maximum atomic E-state index is 12.5. The van der Waals surface area contributed by atoms with Crippen LogP contribution in [0, 0.1) is 0 Å². The third-order valence-corrected chi connectivity index (χ3v) is 5.90. The van der Waals surface area contributed by atoms with Gasteiger partial charge in [-0.15, -0.1) is 0 Å². The van der Waals surface area contributed by atoms with Gasteiger partial charge in [-0.1, -0.05) is 78.9 Å². The molecular weight excluding hydrogens is 412 g/mol. The molecular formula is C27H24N4O2. The zero-order valence-corrected chi connectivity index (χ0v) is 18.0. The Hall–Kier alpha value is -4.32. The standard InChI is InChI=1S/C27H24N4O2/c32-27(33)31(18-19-9-3-1-4-10-19)25(15-21-16-28-23-14-8-7-13-22(21)23)26-29-17-24(30-26)20-11-5-2-6-12-20/h1-14,16-17,25,28H,15,18H2,(H,29,30)(H,32,33)/t25-/m1/s1. The molecule has 164 valence electrons. The topological polar surface area (TPSA) is 85.0 Å². The van der Waals surface area contributed by atoms with Gasteiger partial charge in [-0.25, -0.2) is 9.78 Å². The van der Waals surface area contributed by atoms with Gasteiger partial charge in [0.05, 0.1) is 17.9 Å². The minimum absolute atomic E-state index is 0.268. The van der Waals surface area contributed by atoms with Crippen molar-refractivity contribution in [3.63, 3.8) is 0 Å². The van der Waals surface area contributed by atoms with Gasteiger partial charge in [-0.05, 0) is 22.8 Å². The highest BCUT2D eigenvalue weighted by molar-refractivity contribution is 5.83. The number of nitrogens with one attached hydrogen (secondary N) is 2. The first-order valence-electron chi connectivity index (χ1n) is 10.9. The van der Waals surface area contributed by atoms with E-state index in [1.54, 1.807) is 6.20 Å². The number of aromatic amines is 2. The summed E-state index contributed by atoms with van der Waals surface area (Å²) in [6, 6.07) is 27.1. The molecule has 0 fully saturated rings. The van der Waals surface area contributed by atoms with Crippen molar-refractivity contribution in [1.82, 2.24) is 19.9 Å². The van der Waals surface area contributed by atoms with Gasteiger partial charge in [0.15, 0.2) is 0 Å². The van der Waals surface area contributed by atoms with E-state index in [0.29, 0.717) is 12.2 Å². The summed E-state index contributed by atoms with van der Waals surface area (Å²) in [5.41, 5.74) is 4.87. The Kier molecular flexibility index (Phi) is 5.64. The monoisotopic (exact) mass is 436 g/mol. The van der Waals surface area contributed by atoms with Crippen LogP contribution in [0.15, 0.2) is 97.3 Å². The minimum Gasteiger partial charge on any atom is -0.465 e. The fourth-order valence-electron chi connectivity index (χ4n) is 4.22. The number of amides is 1. The van der Waals surface area contributed by atoms with Gasteiger partial charge >= 0.3 is 6.09 Å². The van der Waals surface area contributed by atoms with Crippen LogP contribution in [0.25, 0.3) is 22.2 Å². The zero-order valence-electron chi connectivity index (χ0n) is 18.0. The number of aromatic nitrogens is 3. The molecule has 3 N–H and O–H groups in total. The van der Waals surface area contributed by atoms with E-state index in [0.717, 1.165) is 33.3 Å². The van der Waals surface area contributed by atoms with Gasteiger partial charge in [-0.3, -0.25) is 4.90 Å². The average molecular weight is 437 g/mol. The minimum atomic E-state index is -0.985. The Morgan fingerprint density at radius 2 is 1.64 bits per heavy atom. The predicted molar refractivity (Wildman–Crippen MR) is 129 cm³/mol. The van der Waals surface area contributed by atoms with E-state index in [2.05, 4.69) is 21.0 Å². The van der Waals surface area contributed by atoms with Gasteiger partial charge < -0.3 is 15.1 Å². The van der Waals surface area contributed by atoms with E-state index in [1.165, 1.54) is 4.90 Å². The highest BCUT2D eigenvalue weighted by Gasteiger charge is 2.29. The van der Waals surface area contributed by atoms with Gasteiger partial charge in [0.25, 0.3) is 0 Å². The maximum absolute atomic E-state index is 12.5. The Morgan fingerprint density at radius 3 is 2.39 bits per heavy atom. The number of rotatable bonds is 7. The van der Waals surface area contributed by atoms with E-state index in [4.69, 9.17) is 0 Å². The summed E-state index contributed by atoms with van der Waals surface area (Å²) in [7, 11) is 0. The first-order valence-corrected chi connectivity index (χ1v) is 10.9. The fourth-order valence-corrected chi connectivity index (χ4v) is 4.22. The number of benzene rings is 3. The smallest absolute Gasteiger partial charge is 0.408 e. The van der Waals surface area contributed by atoms with Crippen LogP contribution in [0.1, 0.15) is 23.0 Å². The Balaban J connectivity index is 1.55. The second-order valence-corrected chi connectivity index (χ2v) is 8.02.